The molecule has 0 aromatic rings. The van der Waals surface area contributed by atoms with E-state index in [9.17, 15) is 13.2 Å². The van der Waals surface area contributed by atoms with E-state index < -0.39 is 12.7 Å². The summed E-state index contributed by atoms with van der Waals surface area (Å²) in [6.07, 6.45) is -0.303. The smallest absolute Gasteiger partial charge is 0.327 e. The van der Waals surface area contributed by atoms with Gasteiger partial charge in [-0.3, -0.25) is 4.90 Å². The van der Waals surface area contributed by atoms with Crippen molar-refractivity contribution in [1.29, 1.82) is 0 Å². The Morgan fingerprint density at radius 1 is 1.32 bits per heavy atom. The minimum Gasteiger partial charge on any atom is -0.327 e. The molecule has 0 spiro atoms. The summed E-state index contributed by atoms with van der Waals surface area (Å²) in [4.78, 5) is 1.52. The fourth-order valence-electron chi connectivity index (χ4n) is 3.15. The second-order valence-corrected chi connectivity index (χ2v) is 6.52. The van der Waals surface area contributed by atoms with Crippen molar-refractivity contribution in [2.75, 3.05) is 19.6 Å². The lowest BCUT2D eigenvalue weighted by Crippen LogP contribution is -2.51. The number of rotatable bonds is 5. The van der Waals surface area contributed by atoms with Crippen LogP contribution in [0.2, 0.25) is 0 Å². The Kier molecular flexibility index (Phi) is 5.68. The molecule has 0 bridgehead atoms. The first-order valence-electron chi connectivity index (χ1n) is 7.20. The van der Waals surface area contributed by atoms with Crippen LogP contribution in [0.4, 0.5) is 13.2 Å². The molecule has 2 N–H and O–H groups in total. The van der Waals surface area contributed by atoms with Crippen molar-refractivity contribution < 1.29 is 13.2 Å². The number of hydrogen-bond donors (Lipinski definition) is 1. The predicted octanol–water partition coefficient (Wildman–Crippen LogP) is 3.41. The van der Waals surface area contributed by atoms with Crippen LogP contribution in [0, 0.1) is 11.3 Å². The molecule has 2 nitrogen and oxygen atoms in total. The van der Waals surface area contributed by atoms with Gasteiger partial charge in [-0.15, -0.1) is 0 Å². The Hall–Kier alpha value is -0.290. The highest BCUT2D eigenvalue weighted by atomic mass is 19.4. The highest BCUT2D eigenvalue weighted by molar-refractivity contribution is 4.92. The lowest BCUT2D eigenvalue weighted by molar-refractivity contribution is -0.148. The first-order chi connectivity index (χ1) is 8.65. The molecule has 5 heteroatoms. The van der Waals surface area contributed by atoms with E-state index in [0.717, 1.165) is 25.7 Å². The van der Waals surface area contributed by atoms with E-state index in [-0.39, 0.29) is 17.4 Å². The molecule has 0 heterocycles. The number of halogens is 3. The summed E-state index contributed by atoms with van der Waals surface area (Å²) in [5.74, 6) is 0.178. The van der Waals surface area contributed by atoms with Gasteiger partial charge in [0.05, 0.1) is 6.54 Å². The van der Waals surface area contributed by atoms with E-state index in [2.05, 4.69) is 13.8 Å². The van der Waals surface area contributed by atoms with Crippen LogP contribution < -0.4 is 5.73 Å². The quantitative estimate of drug-likeness (QED) is 0.836. The van der Waals surface area contributed by atoms with Gasteiger partial charge in [0.25, 0.3) is 0 Å². The standard InChI is InChI=1S/C14H27F3N2/c1-4-8-19(10-14(15,16)17)9-11-6-5-7-13(2,3)12(11)18/h11-12H,4-10,18H2,1-3H3. The van der Waals surface area contributed by atoms with Crippen molar-refractivity contribution in [3.63, 3.8) is 0 Å². The third kappa shape index (κ3) is 5.30. The Morgan fingerprint density at radius 3 is 2.47 bits per heavy atom. The molecule has 1 aliphatic carbocycles. The maximum Gasteiger partial charge on any atom is 0.401 e. The Balaban J connectivity index is 2.62. The number of alkyl halides is 3. The van der Waals surface area contributed by atoms with Crippen molar-refractivity contribution in [3.8, 4) is 0 Å². The lowest BCUT2D eigenvalue weighted by Gasteiger charge is -2.43. The van der Waals surface area contributed by atoms with Gasteiger partial charge < -0.3 is 5.73 Å². The molecule has 0 radical (unpaired) electrons. The van der Waals surface area contributed by atoms with Gasteiger partial charge in [-0.1, -0.05) is 27.2 Å². The van der Waals surface area contributed by atoms with E-state index in [1.54, 1.807) is 0 Å². The molecule has 1 saturated carbocycles. The first kappa shape index (κ1) is 16.8. The van der Waals surface area contributed by atoms with Gasteiger partial charge in [-0.05, 0) is 37.1 Å². The summed E-state index contributed by atoms with van der Waals surface area (Å²) < 4.78 is 37.7. The highest BCUT2D eigenvalue weighted by Gasteiger charge is 2.38. The van der Waals surface area contributed by atoms with Crippen molar-refractivity contribution >= 4 is 0 Å². The number of hydrogen-bond acceptors (Lipinski definition) is 2. The summed E-state index contributed by atoms with van der Waals surface area (Å²) in [5.41, 5.74) is 6.30. The van der Waals surface area contributed by atoms with Crippen LogP contribution in [-0.2, 0) is 0 Å². The Morgan fingerprint density at radius 2 is 1.95 bits per heavy atom. The molecule has 0 aromatic carbocycles. The molecule has 0 aliphatic heterocycles. The SMILES string of the molecule is CCCN(CC1CCCC(C)(C)C1N)CC(F)(F)F. The van der Waals surface area contributed by atoms with Crippen molar-refractivity contribution in [2.45, 2.75) is 58.7 Å². The Labute approximate surface area is 114 Å². The monoisotopic (exact) mass is 280 g/mol. The molecule has 2 atom stereocenters. The van der Waals surface area contributed by atoms with E-state index in [4.69, 9.17) is 5.73 Å². The zero-order chi connectivity index (χ0) is 14.7. The van der Waals surface area contributed by atoms with E-state index in [1.807, 2.05) is 6.92 Å². The van der Waals surface area contributed by atoms with Crippen molar-refractivity contribution in [2.24, 2.45) is 17.1 Å². The molecule has 1 fully saturated rings. The summed E-state index contributed by atoms with van der Waals surface area (Å²) in [5, 5.41) is 0. The molecule has 114 valence electrons. The fraction of sp³-hybridized carbons (Fsp3) is 1.00. The average molecular weight is 280 g/mol. The zero-order valence-electron chi connectivity index (χ0n) is 12.3. The summed E-state index contributed by atoms with van der Waals surface area (Å²) in [6.45, 7) is 6.30. The largest absolute Gasteiger partial charge is 0.401 e. The summed E-state index contributed by atoms with van der Waals surface area (Å²) >= 11 is 0. The zero-order valence-corrected chi connectivity index (χ0v) is 12.3. The van der Waals surface area contributed by atoms with Gasteiger partial charge in [-0.2, -0.15) is 13.2 Å². The molecule has 19 heavy (non-hydrogen) atoms. The lowest BCUT2D eigenvalue weighted by atomic mass is 9.68. The van der Waals surface area contributed by atoms with Crippen LogP contribution in [0.15, 0.2) is 0 Å². The van der Waals surface area contributed by atoms with E-state index in [1.165, 1.54) is 4.90 Å². The van der Waals surface area contributed by atoms with Gasteiger partial charge in [0.2, 0.25) is 0 Å². The Bertz CT molecular complexity index is 276. The van der Waals surface area contributed by atoms with E-state index in [0.29, 0.717) is 13.1 Å². The third-order valence-corrected chi connectivity index (χ3v) is 4.24. The maximum atomic E-state index is 12.6. The summed E-state index contributed by atoms with van der Waals surface area (Å²) in [7, 11) is 0. The average Bonchev–Trinajstić information content (AvgIpc) is 2.23. The maximum absolute atomic E-state index is 12.6. The molecular formula is C14H27F3N2. The van der Waals surface area contributed by atoms with Crippen LogP contribution in [0.25, 0.3) is 0 Å². The molecule has 0 aromatic heterocycles. The van der Waals surface area contributed by atoms with Crippen LogP contribution in [0.3, 0.4) is 0 Å². The molecule has 0 amide bonds. The fourth-order valence-corrected chi connectivity index (χ4v) is 3.15. The number of nitrogens with zero attached hydrogens (tertiary/aromatic N) is 1. The second-order valence-electron chi connectivity index (χ2n) is 6.52. The van der Waals surface area contributed by atoms with Gasteiger partial charge in [0.1, 0.15) is 0 Å². The van der Waals surface area contributed by atoms with Crippen molar-refractivity contribution in [3.05, 3.63) is 0 Å². The van der Waals surface area contributed by atoms with E-state index >= 15 is 0 Å². The molecule has 1 aliphatic rings. The second kappa shape index (κ2) is 6.44. The minimum atomic E-state index is -4.12. The molecule has 2 unspecified atom stereocenters. The van der Waals surface area contributed by atoms with Crippen LogP contribution in [0.5, 0.6) is 0 Å². The normalized spacial score (nSPS) is 27.8. The minimum absolute atomic E-state index is 0.00570. The number of nitrogens with two attached hydrogens (primary N) is 1. The predicted molar refractivity (Wildman–Crippen MR) is 71.9 cm³/mol. The highest BCUT2D eigenvalue weighted by Crippen LogP contribution is 2.38. The van der Waals surface area contributed by atoms with Crippen LogP contribution >= 0.6 is 0 Å². The van der Waals surface area contributed by atoms with Crippen LogP contribution in [-0.4, -0.2) is 36.8 Å². The summed E-state index contributed by atoms with van der Waals surface area (Å²) in [6, 6.07) is -0.00570. The third-order valence-electron chi connectivity index (χ3n) is 4.24. The van der Waals surface area contributed by atoms with Crippen molar-refractivity contribution in [1.82, 2.24) is 4.90 Å². The van der Waals surface area contributed by atoms with Gasteiger partial charge in [-0.25, -0.2) is 0 Å². The van der Waals surface area contributed by atoms with Crippen LogP contribution in [0.1, 0.15) is 46.5 Å². The van der Waals surface area contributed by atoms with Gasteiger partial charge in [0.15, 0.2) is 0 Å². The van der Waals surface area contributed by atoms with Gasteiger partial charge in [0, 0.05) is 12.6 Å². The topological polar surface area (TPSA) is 29.3 Å². The van der Waals surface area contributed by atoms with Gasteiger partial charge >= 0.3 is 6.18 Å². The first-order valence-corrected chi connectivity index (χ1v) is 7.20. The molecule has 0 saturated heterocycles. The molecular weight excluding hydrogens is 253 g/mol. The molecule has 1 rings (SSSR count).